The van der Waals surface area contributed by atoms with Crippen molar-refractivity contribution in [3.8, 4) is 0 Å². The van der Waals surface area contributed by atoms with Crippen molar-refractivity contribution in [3.05, 3.63) is 29.8 Å². The summed E-state index contributed by atoms with van der Waals surface area (Å²) in [7, 11) is 0. The second-order valence-corrected chi connectivity index (χ2v) is 5.59. The lowest BCUT2D eigenvalue weighted by atomic mass is 10.1. The lowest BCUT2D eigenvalue weighted by Gasteiger charge is -2.30. The molecule has 2 unspecified atom stereocenters. The lowest BCUT2D eigenvalue weighted by Crippen LogP contribution is -2.42. The molecule has 0 aliphatic carbocycles. The number of nitrogens with one attached hydrogen (secondary N) is 1. The van der Waals surface area contributed by atoms with Crippen molar-refractivity contribution in [1.29, 1.82) is 0 Å². The van der Waals surface area contributed by atoms with Crippen molar-refractivity contribution >= 4 is 0 Å². The fourth-order valence-electron chi connectivity index (χ4n) is 2.77. The van der Waals surface area contributed by atoms with E-state index in [0.29, 0.717) is 6.04 Å². The Morgan fingerprint density at radius 3 is 2.68 bits per heavy atom. The van der Waals surface area contributed by atoms with E-state index in [9.17, 15) is 4.39 Å². The number of pyridine rings is 1. The predicted molar refractivity (Wildman–Crippen MR) is 75.5 cm³/mol. The quantitative estimate of drug-likeness (QED) is 0.887. The predicted octanol–water partition coefficient (Wildman–Crippen LogP) is 2.75. The van der Waals surface area contributed by atoms with Crippen LogP contribution in [-0.4, -0.2) is 35.6 Å². The molecule has 1 N–H and O–H groups in total. The third kappa shape index (κ3) is 4.55. The van der Waals surface area contributed by atoms with Crippen LogP contribution in [0.2, 0.25) is 0 Å². The van der Waals surface area contributed by atoms with Crippen molar-refractivity contribution in [2.75, 3.05) is 19.6 Å². The number of rotatable bonds is 5. The van der Waals surface area contributed by atoms with E-state index in [1.807, 2.05) is 0 Å². The molecule has 0 aromatic carbocycles. The zero-order valence-electron chi connectivity index (χ0n) is 11.9. The fraction of sp³-hybridized carbons (Fsp3) is 0.667. The van der Waals surface area contributed by atoms with E-state index >= 15 is 0 Å². The molecule has 1 aliphatic heterocycles. The molecule has 106 valence electrons. The van der Waals surface area contributed by atoms with Gasteiger partial charge in [0.05, 0.1) is 6.20 Å². The minimum Gasteiger partial charge on any atom is -0.306 e. The van der Waals surface area contributed by atoms with Gasteiger partial charge in [-0.3, -0.25) is 4.98 Å². The number of nitrogens with zero attached hydrogens (tertiary/aromatic N) is 2. The van der Waals surface area contributed by atoms with Crippen LogP contribution in [0.15, 0.2) is 18.5 Å². The zero-order valence-corrected chi connectivity index (χ0v) is 11.9. The van der Waals surface area contributed by atoms with Crippen LogP contribution in [0.25, 0.3) is 0 Å². The highest BCUT2D eigenvalue weighted by Crippen LogP contribution is 2.14. The SMILES string of the molecule is CC(CN1CCCCC1)NC(C)c1cncc(F)c1. The van der Waals surface area contributed by atoms with Gasteiger partial charge in [0.2, 0.25) is 0 Å². The Morgan fingerprint density at radius 1 is 1.26 bits per heavy atom. The topological polar surface area (TPSA) is 28.2 Å². The summed E-state index contributed by atoms with van der Waals surface area (Å²) in [5, 5.41) is 3.52. The fourth-order valence-corrected chi connectivity index (χ4v) is 2.77. The third-order valence-electron chi connectivity index (χ3n) is 3.74. The molecule has 1 aromatic heterocycles. The molecule has 1 aliphatic rings. The van der Waals surface area contributed by atoms with Gasteiger partial charge < -0.3 is 10.2 Å². The van der Waals surface area contributed by atoms with Crippen LogP contribution < -0.4 is 5.32 Å². The van der Waals surface area contributed by atoms with Crippen molar-refractivity contribution in [2.24, 2.45) is 0 Å². The number of hydrogen-bond donors (Lipinski definition) is 1. The lowest BCUT2D eigenvalue weighted by molar-refractivity contribution is 0.205. The first-order chi connectivity index (χ1) is 9.15. The zero-order chi connectivity index (χ0) is 13.7. The van der Waals surface area contributed by atoms with Gasteiger partial charge in [-0.1, -0.05) is 6.42 Å². The van der Waals surface area contributed by atoms with Crippen LogP contribution in [0.5, 0.6) is 0 Å². The molecule has 0 radical (unpaired) electrons. The Morgan fingerprint density at radius 2 is 2.00 bits per heavy atom. The van der Waals surface area contributed by atoms with Crippen LogP contribution in [0, 0.1) is 5.82 Å². The maximum Gasteiger partial charge on any atom is 0.141 e. The largest absolute Gasteiger partial charge is 0.306 e. The van der Waals surface area contributed by atoms with E-state index in [4.69, 9.17) is 0 Å². The Bertz CT molecular complexity index is 391. The molecule has 4 heteroatoms. The first kappa shape index (κ1) is 14.4. The molecular weight excluding hydrogens is 241 g/mol. The number of hydrogen-bond acceptors (Lipinski definition) is 3. The summed E-state index contributed by atoms with van der Waals surface area (Å²) in [5.74, 6) is -0.269. The number of aromatic nitrogens is 1. The molecule has 0 saturated carbocycles. The Hall–Kier alpha value is -1.00. The van der Waals surface area contributed by atoms with Crippen LogP contribution in [0.4, 0.5) is 4.39 Å². The molecule has 19 heavy (non-hydrogen) atoms. The van der Waals surface area contributed by atoms with Crippen LogP contribution in [0.3, 0.4) is 0 Å². The summed E-state index contributed by atoms with van der Waals surface area (Å²) < 4.78 is 13.1. The van der Waals surface area contributed by atoms with E-state index in [1.54, 1.807) is 12.3 Å². The van der Waals surface area contributed by atoms with Gasteiger partial charge >= 0.3 is 0 Å². The summed E-state index contributed by atoms with van der Waals surface area (Å²) in [6.07, 6.45) is 6.97. The van der Waals surface area contributed by atoms with E-state index in [1.165, 1.54) is 38.5 Å². The highest BCUT2D eigenvalue weighted by Gasteiger charge is 2.15. The molecule has 3 nitrogen and oxygen atoms in total. The Kier molecular flexibility index (Phi) is 5.28. The molecule has 0 amide bonds. The summed E-state index contributed by atoms with van der Waals surface area (Å²) in [6, 6.07) is 2.08. The summed E-state index contributed by atoms with van der Waals surface area (Å²) in [4.78, 5) is 6.41. The van der Waals surface area contributed by atoms with E-state index < -0.39 is 0 Å². The van der Waals surface area contributed by atoms with Crippen LogP contribution in [-0.2, 0) is 0 Å². The second kappa shape index (κ2) is 6.96. The molecule has 2 heterocycles. The van der Waals surface area contributed by atoms with Gasteiger partial charge in [-0.25, -0.2) is 4.39 Å². The second-order valence-electron chi connectivity index (χ2n) is 5.59. The van der Waals surface area contributed by atoms with Gasteiger partial charge in [0.15, 0.2) is 0 Å². The summed E-state index contributed by atoms with van der Waals surface area (Å²) in [5.41, 5.74) is 0.908. The summed E-state index contributed by atoms with van der Waals surface area (Å²) in [6.45, 7) is 7.73. The van der Waals surface area contributed by atoms with Crippen LogP contribution >= 0.6 is 0 Å². The van der Waals surface area contributed by atoms with Gasteiger partial charge in [0, 0.05) is 24.8 Å². The minimum absolute atomic E-state index is 0.128. The van der Waals surface area contributed by atoms with Gasteiger partial charge in [-0.2, -0.15) is 0 Å². The highest BCUT2D eigenvalue weighted by molar-refractivity contribution is 5.14. The Balaban J connectivity index is 1.82. The average Bonchev–Trinajstić information content (AvgIpc) is 2.39. The molecule has 1 aromatic rings. The van der Waals surface area contributed by atoms with Crippen molar-refractivity contribution in [3.63, 3.8) is 0 Å². The van der Waals surface area contributed by atoms with E-state index in [0.717, 1.165) is 12.1 Å². The third-order valence-corrected chi connectivity index (χ3v) is 3.74. The number of piperidine rings is 1. The molecule has 1 saturated heterocycles. The number of halogens is 1. The monoisotopic (exact) mass is 265 g/mol. The van der Waals surface area contributed by atoms with Gasteiger partial charge in [-0.15, -0.1) is 0 Å². The molecular formula is C15H24FN3. The molecule has 0 spiro atoms. The van der Waals surface area contributed by atoms with Crippen molar-refractivity contribution in [2.45, 2.75) is 45.2 Å². The molecule has 2 rings (SSSR count). The van der Waals surface area contributed by atoms with Gasteiger partial charge in [0.25, 0.3) is 0 Å². The maximum absolute atomic E-state index is 13.1. The van der Waals surface area contributed by atoms with E-state index in [-0.39, 0.29) is 11.9 Å². The molecule has 0 bridgehead atoms. The van der Waals surface area contributed by atoms with Gasteiger partial charge in [0.1, 0.15) is 5.82 Å². The smallest absolute Gasteiger partial charge is 0.141 e. The first-order valence-electron chi connectivity index (χ1n) is 7.24. The Labute approximate surface area is 115 Å². The molecule has 1 fully saturated rings. The van der Waals surface area contributed by atoms with Gasteiger partial charge in [-0.05, 0) is 51.4 Å². The minimum atomic E-state index is -0.269. The maximum atomic E-state index is 13.1. The van der Waals surface area contributed by atoms with E-state index in [2.05, 4.69) is 29.0 Å². The van der Waals surface area contributed by atoms with Crippen LogP contribution in [0.1, 0.15) is 44.7 Å². The average molecular weight is 265 g/mol. The summed E-state index contributed by atoms with van der Waals surface area (Å²) >= 11 is 0. The highest BCUT2D eigenvalue weighted by atomic mass is 19.1. The van der Waals surface area contributed by atoms with Crippen molar-refractivity contribution in [1.82, 2.24) is 15.2 Å². The first-order valence-corrected chi connectivity index (χ1v) is 7.24. The number of likely N-dealkylation sites (tertiary alicyclic amines) is 1. The normalized spacial score (nSPS) is 20.2. The van der Waals surface area contributed by atoms with Crippen molar-refractivity contribution < 1.29 is 4.39 Å². The standard InChI is InChI=1S/C15H24FN3/c1-12(11-19-6-4-3-5-7-19)18-13(2)14-8-15(16)10-17-9-14/h8-10,12-13,18H,3-7,11H2,1-2H3. The molecule has 2 atom stereocenters.